The van der Waals surface area contributed by atoms with E-state index in [1.54, 1.807) is 0 Å². The number of hydrogen-bond acceptors (Lipinski definition) is 4. The molecule has 2 aliphatic heterocycles. The zero-order chi connectivity index (χ0) is 16.5. The second-order valence-corrected chi connectivity index (χ2v) is 6.74. The molecule has 2 atom stereocenters. The second kappa shape index (κ2) is 9.91. The van der Waals surface area contributed by atoms with Crippen LogP contribution in [0.15, 0.2) is 24.3 Å². The summed E-state index contributed by atoms with van der Waals surface area (Å²) in [5, 5.41) is 15.3. The van der Waals surface area contributed by atoms with Gasteiger partial charge in [0.15, 0.2) is 0 Å². The van der Waals surface area contributed by atoms with Gasteiger partial charge < -0.3 is 20.6 Å². The Hall–Kier alpha value is -1.10. The fraction of sp³-hybridized carbons (Fsp3) is 0.684. The van der Waals surface area contributed by atoms with Gasteiger partial charge in [-0.05, 0) is 57.4 Å². The van der Waals surface area contributed by atoms with Crippen molar-refractivity contribution in [2.24, 2.45) is 0 Å². The monoisotopic (exact) mass is 319 g/mol. The van der Waals surface area contributed by atoms with E-state index in [4.69, 9.17) is 5.11 Å². The van der Waals surface area contributed by atoms with E-state index in [9.17, 15) is 0 Å². The molecular formula is C19H33N3O. The molecule has 0 spiro atoms. The van der Waals surface area contributed by atoms with Gasteiger partial charge in [-0.15, -0.1) is 0 Å². The number of aryl methyl sites for hydroxylation is 1. The number of piperazine rings is 1. The first-order valence-electron chi connectivity index (χ1n) is 9.09. The molecule has 2 unspecified atom stereocenters. The summed E-state index contributed by atoms with van der Waals surface area (Å²) in [7, 11) is 0. The fourth-order valence-electron chi connectivity index (χ4n) is 3.36. The van der Waals surface area contributed by atoms with Crippen LogP contribution in [0, 0.1) is 6.92 Å². The first-order valence-corrected chi connectivity index (χ1v) is 9.09. The van der Waals surface area contributed by atoms with Gasteiger partial charge in [0.05, 0.1) is 0 Å². The molecule has 1 aromatic carbocycles. The van der Waals surface area contributed by atoms with Crippen molar-refractivity contribution in [3.05, 3.63) is 29.8 Å². The van der Waals surface area contributed by atoms with Crippen LogP contribution in [0.4, 0.5) is 5.69 Å². The Bertz CT molecular complexity index is 443. The molecular weight excluding hydrogens is 286 g/mol. The molecule has 0 aliphatic carbocycles. The molecule has 1 aromatic rings. The quantitative estimate of drug-likeness (QED) is 0.800. The maximum absolute atomic E-state index is 8.58. The topological polar surface area (TPSA) is 47.5 Å². The molecule has 0 aromatic heterocycles. The van der Waals surface area contributed by atoms with Crippen LogP contribution >= 0.6 is 0 Å². The molecule has 0 bridgehead atoms. The minimum Gasteiger partial charge on any atom is -0.396 e. The first kappa shape index (κ1) is 18.2. The Morgan fingerprint density at radius 2 is 2.13 bits per heavy atom. The average Bonchev–Trinajstić information content (AvgIpc) is 2.57. The van der Waals surface area contributed by atoms with Crippen molar-refractivity contribution >= 4 is 5.69 Å². The summed E-state index contributed by atoms with van der Waals surface area (Å²) in [5.74, 6) is 0. The molecule has 2 heterocycles. The van der Waals surface area contributed by atoms with Gasteiger partial charge in [-0.3, -0.25) is 0 Å². The van der Waals surface area contributed by atoms with E-state index in [2.05, 4.69) is 53.6 Å². The van der Waals surface area contributed by atoms with Gasteiger partial charge >= 0.3 is 0 Å². The molecule has 0 saturated carbocycles. The molecule has 2 saturated heterocycles. The number of nitrogens with zero attached hydrogens (tertiary/aromatic N) is 1. The van der Waals surface area contributed by atoms with Gasteiger partial charge in [-0.2, -0.15) is 0 Å². The van der Waals surface area contributed by atoms with Crippen LogP contribution in [-0.4, -0.2) is 50.0 Å². The Kier molecular flexibility index (Phi) is 7.86. The lowest BCUT2D eigenvalue weighted by atomic mass is 10.0. The van der Waals surface area contributed by atoms with E-state index < -0.39 is 0 Å². The number of anilines is 1. The highest BCUT2D eigenvalue weighted by atomic mass is 16.3. The second-order valence-electron chi connectivity index (χ2n) is 6.74. The number of aliphatic hydroxyl groups excluding tert-OH is 1. The van der Waals surface area contributed by atoms with Crippen LogP contribution in [0.2, 0.25) is 0 Å². The van der Waals surface area contributed by atoms with E-state index in [0.717, 1.165) is 32.6 Å². The van der Waals surface area contributed by atoms with Crippen molar-refractivity contribution < 1.29 is 5.11 Å². The molecule has 3 rings (SSSR count). The van der Waals surface area contributed by atoms with Gasteiger partial charge in [0, 0.05) is 44.0 Å². The predicted octanol–water partition coefficient (Wildman–Crippen LogP) is 2.30. The largest absolute Gasteiger partial charge is 0.396 e. The Morgan fingerprint density at radius 3 is 2.78 bits per heavy atom. The van der Waals surface area contributed by atoms with Crippen LogP contribution in [-0.2, 0) is 0 Å². The van der Waals surface area contributed by atoms with Crippen molar-refractivity contribution in [3.63, 3.8) is 0 Å². The van der Waals surface area contributed by atoms with E-state index in [-0.39, 0.29) is 0 Å². The number of benzene rings is 1. The normalized spacial score (nSPS) is 24.7. The molecule has 4 nitrogen and oxygen atoms in total. The highest BCUT2D eigenvalue weighted by molar-refractivity contribution is 5.49. The van der Waals surface area contributed by atoms with Gasteiger partial charge in [-0.25, -0.2) is 0 Å². The SMILES string of the molecule is Cc1cccc(N2CCNCC2C)c1.OCCC1CCCCN1. The maximum atomic E-state index is 8.58. The average molecular weight is 319 g/mol. The minimum atomic E-state index is 0.331. The van der Waals surface area contributed by atoms with Crippen molar-refractivity contribution in [1.29, 1.82) is 0 Å². The lowest BCUT2D eigenvalue weighted by molar-refractivity contribution is 0.250. The summed E-state index contributed by atoms with van der Waals surface area (Å²) in [6.07, 6.45) is 4.82. The summed E-state index contributed by atoms with van der Waals surface area (Å²) < 4.78 is 0. The zero-order valence-corrected chi connectivity index (χ0v) is 14.7. The van der Waals surface area contributed by atoms with Crippen molar-refractivity contribution in [2.75, 3.05) is 37.7 Å². The highest BCUT2D eigenvalue weighted by Gasteiger charge is 2.17. The van der Waals surface area contributed by atoms with E-state index in [1.807, 2.05) is 0 Å². The van der Waals surface area contributed by atoms with Crippen LogP contribution in [0.5, 0.6) is 0 Å². The number of rotatable bonds is 3. The molecule has 0 amide bonds. The number of piperidine rings is 1. The van der Waals surface area contributed by atoms with Crippen LogP contribution in [0.25, 0.3) is 0 Å². The Morgan fingerprint density at radius 1 is 1.26 bits per heavy atom. The van der Waals surface area contributed by atoms with E-state index in [0.29, 0.717) is 18.7 Å². The van der Waals surface area contributed by atoms with Gasteiger partial charge in [-0.1, -0.05) is 18.6 Å². The lowest BCUT2D eigenvalue weighted by Gasteiger charge is -2.36. The maximum Gasteiger partial charge on any atom is 0.0445 e. The third-order valence-corrected chi connectivity index (χ3v) is 4.72. The van der Waals surface area contributed by atoms with Crippen LogP contribution in [0.3, 0.4) is 0 Å². The lowest BCUT2D eigenvalue weighted by Crippen LogP contribution is -2.49. The van der Waals surface area contributed by atoms with Gasteiger partial charge in [0.1, 0.15) is 0 Å². The molecule has 130 valence electrons. The molecule has 2 aliphatic rings. The van der Waals surface area contributed by atoms with E-state index >= 15 is 0 Å². The van der Waals surface area contributed by atoms with Crippen molar-refractivity contribution in [2.45, 2.75) is 51.6 Å². The van der Waals surface area contributed by atoms with Crippen LogP contribution in [0.1, 0.15) is 38.2 Å². The molecule has 23 heavy (non-hydrogen) atoms. The minimum absolute atomic E-state index is 0.331. The standard InChI is InChI=1S/C12H18N2.C7H15NO/c1-10-4-3-5-12(8-10)14-7-6-13-9-11(14)2;9-6-4-7-3-1-2-5-8-7/h3-5,8,11,13H,6-7,9H2,1-2H3;7-9H,1-6H2. The summed E-state index contributed by atoms with van der Waals surface area (Å²) in [4.78, 5) is 2.48. The van der Waals surface area contributed by atoms with Crippen molar-refractivity contribution in [3.8, 4) is 0 Å². The predicted molar refractivity (Wildman–Crippen MR) is 98.2 cm³/mol. The smallest absolute Gasteiger partial charge is 0.0445 e. The van der Waals surface area contributed by atoms with E-state index in [1.165, 1.54) is 30.5 Å². The Labute approximate surface area is 141 Å². The highest BCUT2D eigenvalue weighted by Crippen LogP contribution is 2.19. The Balaban J connectivity index is 0.000000185. The molecule has 2 fully saturated rings. The summed E-state index contributed by atoms with van der Waals surface area (Å²) in [6.45, 7) is 9.20. The first-order chi connectivity index (χ1) is 11.2. The molecule has 0 radical (unpaired) electrons. The van der Waals surface area contributed by atoms with Gasteiger partial charge in [0.2, 0.25) is 0 Å². The van der Waals surface area contributed by atoms with Crippen LogP contribution < -0.4 is 15.5 Å². The van der Waals surface area contributed by atoms with Crippen molar-refractivity contribution in [1.82, 2.24) is 10.6 Å². The summed E-state index contributed by atoms with van der Waals surface area (Å²) >= 11 is 0. The van der Waals surface area contributed by atoms with Gasteiger partial charge in [0.25, 0.3) is 0 Å². The molecule has 3 N–H and O–H groups in total. The fourth-order valence-corrected chi connectivity index (χ4v) is 3.36. The number of hydrogen-bond donors (Lipinski definition) is 3. The number of aliphatic hydroxyl groups is 1. The third-order valence-electron chi connectivity index (χ3n) is 4.72. The summed E-state index contributed by atoms with van der Waals surface area (Å²) in [6, 6.07) is 9.96. The number of nitrogens with one attached hydrogen (secondary N) is 2. The summed E-state index contributed by atoms with van der Waals surface area (Å²) in [5.41, 5.74) is 2.70. The third kappa shape index (κ3) is 6.13. The zero-order valence-electron chi connectivity index (χ0n) is 14.7. The molecule has 4 heteroatoms.